The van der Waals surface area contributed by atoms with Gasteiger partial charge in [-0.3, -0.25) is 4.79 Å². The largest absolute Gasteiger partial charge is 0.298 e. The van der Waals surface area contributed by atoms with Gasteiger partial charge in [-0.1, -0.05) is 12.1 Å². The highest BCUT2D eigenvalue weighted by Crippen LogP contribution is 2.12. The van der Waals surface area contributed by atoms with Crippen molar-refractivity contribution in [3.05, 3.63) is 34.0 Å². The third kappa shape index (κ3) is 2.31. The smallest absolute Gasteiger partial charge is 0.146 e. The Morgan fingerprint density at radius 2 is 2.55 bits per heavy atom. The standard InChI is InChI=1S/C9H10OS/c1-2-8(7-10)6-9-4-3-5-11-9/h2-5,7H,6H2,1H3. The lowest BCUT2D eigenvalue weighted by atomic mass is 10.2. The van der Waals surface area contributed by atoms with Gasteiger partial charge in [-0.15, -0.1) is 11.3 Å². The van der Waals surface area contributed by atoms with Crippen LogP contribution in [0, 0.1) is 0 Å². The van der Waals surface area contributed by atoms with Crippen LogP contribution < -0.4 is 0 Å². The predicted octanol–water partition coefficient (Wildman–Crippen LogP) is 2.44. The molecule has 0 aliphatic heterocycles. The molecule has 58 valence electrons. The molecule has 1 nitrogen and oxygen atoms in total. The third-order valence-electron chi connectivity index (χ3n) is 1.48. The van der Waals surface area contributed by atoms with E-state index in [1.807, 2.05) is 30.5 Å². The van der Waals surface area contributed by atoms with Crippen LogP contribution in [0.1, 0.15) is 11.8 Å². The van der Waals surface area contributed by atoms with E-state index in [9.17, 15) is 4.79 Å². The number of aldehydes is 1. The van der Waals surface area contributed by atoms with E-state index in [1.165, 1.54) is 4.88 Å². The normalized spacial score (nSPS) is 11.5. The second-order valence-electron chi connectivity index (χ2n) is 2.24. The average molecular weight is 166 g/mol. The fourth-order valence-corrected chi connectivity index (χ4v) is 1.57. The van der Waals surface area contributed by atoms with Crippen LogP contribution in [0.4, 0.5) is 0 Å². The van der Waals surface area contributed by atoms with Crippen LogP contribution in [0.15, 0.2) is 29.2 Å². The van der Waals surface area contributed by atoms with Crippen LogP contribution in [0.5, 0.6) is 0 Å². The van der Waals surface area contributed by atoms with E-state index in [2.05, 4.69) is 0 Å². The van der Waals surface area contributed by atoms with Crippen molar-refractivity contribution in [3.63, 3.8) is 0 Å². The molecule has 0 N–H and O–H groups in total. The molecule has 0 bridgehead atoms. The molecule has 0 atom stereocenters. The zero-order valence-corrected chi connectivity index (χ0v) is 7.23. The molecule has 0 amide bonds. The highest BCUT2D eigenvalue weighted by atomic mass is 32.1. The summed E-state index contributed by atoms with van der Waals surface area (Å²) in [6.45, 7) is 1.89. The second-order valence-corrected chi connectivity index (χ2v) is 3.27. The SMILES string of the molecule is CC=C(C=O)Cc1cccs1. The highest BCUT2D eigenvalue weighted by molar-refractivity contribution is 7.09. The first-order chi connectivity index (χ1) is 5.36. The molecule has 1 rings (SSSR count). The number of hydrogen-bond donors (Lipinski definition) is 0. The molecule has 0 spiro atoms. The van der Waals surface area contributed by atoms with Crippen molar-refractivity contribution in [2.24, 2.45) is 0 Å². The van der Waals surface area contributed by atoms with Gasteiger partial charge in [0.15, 0.2) is 0 Å². The van der Waals surface area contributed by atoms with Gasteiger partial charge < -0.3 is 0 Å². The van der Waals surface area contributed by atoms with Gasteiger partial charge in [0.05, 0.1) is 0 Å². The van der Waals surface area contributed by atoms with Gasteiger partial charge >= 0.3 is 0 Å². The minimum atomic E-state index is 0.775. The van der Waals surface area contributed by atoms with Crippen LogP contribution in [0.3, 0.4) is 0 Å². The molecule has 11 heavy (non-hydrogen) atoms. The summed E-state index contributed by atoms with van der Waals surface area (Å²) < 4.78 is 0. The van der Waals surface area contributed by atoms with E-state index in [-0.39, 0.29) is 0 Å². The Morgan fingerprint density at radius 3 is 3.00 bits per heavy atom. The second kappa shape index (κ2) is 4.09. The zero-order valence-electron chi connectivity index (χ0n) is 6.41. The molecule has 0 aliphatic carbocycles. The maximum atomic E-state index is 10.4. The van der Waals surface area contributed by atoms with Gasteiger partial charge in [-0.25, -0.2) is 0 Å². The lowest BCUT2D eigenvalue weighted by Gasteiger charge is -1.93. The van der Waals surface area contributed by atoms with Gasteiger partial charge in [0, 0.05) is 11.3 Å². The Morgan fingerprint density at radius 1 is 1.73 bits per heavy atom. The first kappa shape index (κ1) is 8.21. The van der Waals surface area contributed by atoms with E-state index in [4.69, 9.17) is 0 Å². The van der Waals surface area contributed by atoms with Gasteiger partial charge in [0.2, 0.25) is 0 Å². The van der Waals surface area contributed by atoms with E-state index >= 15 is 0 Å². The summed E-state index contributed by atoms with van der Waals surface area (Å²) in [7, 11) is 0. The maximum Gasteiger partial charge on any atom is 0.146 e. The maximum absolute atomic E-state index is 10.4. The molecule has 1 heterocycles. The molecule has 0 fully saturated rings. The summed E-state index contributed by atoms with van der Waals surface area (Å²) in [6.07, 6.45) is 3.55. The van der Waals surface area contributed by atoms with Crippen LogP contribution in [0.25, 0.3) is 0 Å². The summed E-state index contributed by atoms with van der Waals surface area (Å²) in [5.74, 6) is 0. The third-order valence-corrected chi connectivity index (χ3v) is 2.36. The molecule has 0 aromatic carbocycles. The molecule has 1 aromatic heterocycles. The molecule has 1 aromatic rings. The molecule has 0 saturated carbocycles. The number of rotatable bonds is 3. The number of allylic oxidation sites excluding steroid dienone is 2. The minimum absolute atomic E-state index is 0.775. The summed E-state index contributed by atoms with van der Waals surface area (Å²) >= 11 is 1.68. The van der Waals surface area contributed by atoms with Crippen LogP contribution in [0.2, 0.25) is 0 Å². The van der Waals surface area contributed by atoms with Crippen LogP contribution in [-0.4, -0.2) is 6.29 Å². The van der Waals surface area contributed by atoms with E-state index < -0.39 is 0 Å². The van der Waals surface area contributed by atoms with Crippen molar-refractivity contribution >= 4 is 17.6 Å². The van der Waals surface area contributed by atoms with Crippen molar-refractivity contribution in [2.75, 3.05) is 0 Å². The summed E-state index contributed by atoms with van der Waals surface area (Å²) in [5, 5.41) is 2.02. The average Bonchev–Trinajstić information content (AvgIpc) is 2.52. The number of hydrogen-bond acceptors (Lipinski definition) is 2. The Labute approximate surface area is 70.4 Å². The van der Waals surface area contributed by atoms with E-state index in [0.717, 1.165) is 18.3 Å². The van der Waals surface area contributed by atoms with Crippen LogP contribution >= 0.6 is 11.3 Å². The predicted molar refractivity (Wildman–Crippen MR) is 47.8 cm³/mol. The van der Waals surface area contributed by atoms with Gasteiger partial charge in [-0.05, 0) is 23.9 Å². The lowest BCUT2D eigenvalue weighted by molar-refractivity contribution is -0.105. The molecule has 2 heteroatoms. The zero-order chi connectivity index (χ0) is 8.10. The van der Waals surface area contributed by atoms with Crippen LogP contribution in [-0.2, 0) is 11.2 Å². The fourth-order valence-electron chi connectivity index (χ4n) is 0.826. The molecular weight excluding hydrogens is 156 g/mol. The highest BCUT2D eigenvalue weighted by Gasteiger charge is 1.96. The Kier molecular flexibility index (Phi) is 3.05. The Balaban J connectivity index is 2.62. The van der Waals surface area contributed by atoms with Gasteiger partial charge in [0.25, 0.3) is 0 Å². The van der Waals surface area contributed by atoms with Crippen molar-refractivity contribution in [1.82, 2.24) is 0 Å². The number of carbonyl (C=O) groups is 1. The summed E-state index contributed by atoms with van der Waals surface area (Å²) in [4.78, 5) is 11.6. The molecule has 0 aliphatic rings. The van der Waals surface area contributed by atoms with Crippen molar-refractivity contribution < 1.29 is 4.79 Å². The summed E-state index contributed by atoms with van der Waals surface area (Å²) in [5.41, 5.74) is 0.854. The minimum Gasteiger partial charge on any atom is -0.298 e. The topological polar surface area (TPSA) is 17.1 Å². The fraction of sp³-hybridized carbons (Fsp3) is 0.222. The Bertz CT molecular complexity index is 247. The van der Waals surface area contributed by atoms with Gasteiger partial charge in [-0.2, -0.15) is 0 Å². The molecular formula is C9H10OS. The number of thiophene rings is 1. The van der Waals surface area contributed by atoms with Gasteiger partial charge in [0.1, 0.15) is 6.29 Å². The van der Waals surface area contributed by atoms with Crippen molar-refractivity contribution in [1.29, 1.82) is 0 Å². The van der Waals surface area contributed by atoms with Crippen molar-refractivity contribution in [2.45, 2.75) is 13.3 Å². The molecule has 0 saturated heterocycles. The first-order valence-electron chi connectivity index (χ1n) is 3.49. The molecule has 0 radical (unpaired) electrons. The Hall–Kier alpha value is -0.890. The monoisotopic (exact) mass is 166 g/mol. The lowest BCUT2D eigenvalue weighted by Crippen LogP contribution is -1.87. The quantitative estimate of drug-likeness (QED) is 0.498. The summed E-state index contributed by atoms with van der Waals surface area (Å²) in [6, 6.07) is 4.04. The number of carbonyl (C=O) groups excluding carboxylic acids is 1. The van der Waals surface area contributed by atoms with E-state index in [1.54, 1.807) is 11.3 Å². The van der Waals surface area contributed by atoms with E-state index in [0.29, 0.717) is 0 Å². The first-order valence-corrected chi connectivity index (χ1v) is 4.37. The molecule has 0 unspecified atom stereocenters. The van der Waals surface area contributed by atoms with Crippen molar-refractivity contribution in [3.8, 4) is 0 Å².